The highest BCUT2D eigenvalue weighted by molar-refractivity contribution is 6.42. The third-order valence-electron chi connectivity index (χ3n) is 6.80. The first-order valence-electron chi connectivity index (χ1n) is 11.4. The lowest BCUT2D eigenvalue weighted by atomic mass is 9.94. The number of nitrogens with one attached hydrogen (secondary N) is 1. The number of amides is 2. The highest BCUT2D eigenvalue weighted by atomic mass is 35.5. The lowest BCUT2D eigenvalue weighted by molar-refractivity contribution is -0.129. The Morgan fingerprint density at radius 1 is 1.03 bits per heavy atom. The number of hydrogen-bond donors (Lipinski definition) is 1. The summed E-state index contributed by atoms with van der Waals surface area (Å²) < 4.78 is 5.66. The summed E-state index contributed by atoms with van der Waals surface area (Å²) in [5.74, 6) is 0.465. The number of ether oxygens (including phenoxy) is 1. The van der Waals surface area contributed by atoms with Gasteiger partial charge in [0.25, 0.3) is 5.91 Å². The molecule has 170 valence electrons. The second-order valence-corrected chi connectivity index (χ2v) is 9.64. The number of hydrogen-bond acceptors (Lipinski definition) is 4. The minimum absolute atomic E-state index is 0.0431. The Morgan fingerprint density at radius 2 is 1.77 bits per heavy atom. The summed E-state index contributed by atoms with van der Waals surface area (Å²) in [5.41, 5.74) is 0.546. The normalized spacial score (nSPS) is 23.8. The molecule has 2 aliphatic heterocycles. The van der Waals surface area contributed by atoms with Crippen LogP contribution in [0, 0.1) is 5.92 Å². The number of rotatable bonds is 6. The number of carbonyl (C=O) groups excluding carboxylic acids is 2. The Balaban J connectivity index is 1.36. The summed E-state index contributed by atoms with van der Waals surface area (Å²) in [6.45, 7) is 3.98. The standard InChI is InChI=1S/C23H31Cl2N3O3/c24-19-8-7-17(14-20(19)25)23(30)28-11-9-27(10-12-28)21(16-4-1-2-5-16)22(29)26-15-18-6-3-13-31-18/h7-8,14,16,18,21H,1-6,9-13,15H2,(H,26,29)/t18-,21+/m1/s1. The molecule has 31 heavy (non-hydrogen) atoms. The third-order valence-corrected chi connectivity index (χ3v) is 7.54. The summed E-state index contributed by atoms with van der Waals surface area (Å²) in [5, 5.41) is 3.98. The van der Waals surface area contributed by atoms with E-state index in [9.17, 15) is 9.59 Å². The molecule has 2 amide bonds. The van der Waals surface area contributed by atoms with Gasteiger partial charge >= 0.3 is 0 Å². The van der Waals surface area contributed by atoms with Gasteiger partial charge in [-0.25, -0.2) is 0 Å². The molecule has 8 heteroatoms. The molecule has 1 aromatic rings. The fourth-order valence-electron chi connectivity index (χ4n) is 5.09. The van der Waals surface area contributed by atoms with E-state index in [0.29, 0.717) is 54.3 Å². The summed E-state index contributed by atoms with van der Waals surface area (Å²) in [4.78, 5) is 30.2. The van der Waals surface area contributed by atoms with Gasteiger partial charge in [0.15, 0.2) is 0 Å². The second kappa shape index (κ2) is 10.5. The largest absolute Gasteiger partial charge is 0.376 e. The number of halogens is 2. The quantitative estimate of drug-likeness (QED) is 0.693. The molecule has 3 aliphatic rings. The molecule has 2 saturated heterocycles. The molecule has 0 bridgehead atoms. The van der Waals surface area contributed by atoms with Gasteiger partial charge in [-0.1, -0.05) is 36.0 Å². The van der Waals surface area contributed by atoms with Gasteiger partial charge in [0, 0.05) is 44.9 Å². The van der Waals surface area contributed by atoms with Crippen LogP contribution in [0.15, 0.2) is 18.2 Å². The highest BCUT2D eigenvalue weighted by Crippen LogP contribution is 2.31. The number of nitrogens with zero attached hydrogens (tertiary/aromatic N) is 2. The Kier molecular flexibility index (Phi) is 7.75. The molecule has 1 aromatic carbocycles. The van der Waals surface area contributed by atoms with Crippen molar-refractivity contribution in [3.05, 3.63) is 33.8 Å². The molecule has 4 rings (SSSR count). The molecule has 0 aromatic heterocycles. The lowest BCUT2D eigenvalue weighted by Crippen LogP contribution is -2.58. The van der Waals surface area contributed by atoms with Crippen LogP contribution < -0.4 is 5.32 Å². The first-order chi connectivity index (χ1) is 15.0. The van der Waals surface area contributed by atoms with Gasteiger partial charge in [0.1, 0.15) is 0 Å². The monoisotopic (exact) mass is 467 g/mol. The van der Waals surface area contributed by atoms with Gasteiger partial charge in [0.05, 0.1) is 22.2 Å². The molecule has 2 heterocycles. The predicted octanol–water partition coefficient (Wildman–Crippen LogP) is 3.61. The van der Waals surface area contributed by atoms with E-state index in [1.54, 1.807) is 18.2 Å². The Labute approximate surface area is 194 Å². The Morgan fingerprint density at radius 3 is 2.42 bits per heavy atom. The van der Waals surface area contributed by atoms with Gasteiger partial charge in [-0.15, -0.1) is 0 Å². The average Bonchev–Trinajstić information content (AvgIpc) is 3.49. The van der Waals surface area contributed by atoms with Crippen molar-refractivity contribution < 1.29 is 14.3 Å². The smallest absolute Gasteiger partial charge is 0.253 e. The predicted molar refractivity (Wildman–Crippen MR) is 122 cm³/mol. The minimum Gasteiger partial charge on any atom is -0.376 e. The van der Waals surface area contributed by atoms with Crippen LogP contribution in [0.5, 0.6) is 0 Å². The van der Waals surface area contributed by atoms with E-state index in [0.717, 1.165) is 32.3 Å². The van der Waals surface area contributed by atoms with Crippen LogP contribution in [0.4, 0.5) is 0 Å². The van der Waals surface area contributed by atoms with E-state index in [1.807, 2.05) is 4.90 Å². The van der Waals surface area contributed by atoms with E-state index < -0.39 is 0 Å². The fraction of sp³-hybridized carbons (Fsp3) is 0.652. The van der Waals surface area contributed by atoms with Crippen molar-refractivity contribution in [1.29, 1.82) is 0 Å². The number of carbonyl (C=O) groups is 2. The van der Waals surface area contributed by atoms with Crippen LogP contribution >= 0.6 is 23.2 Å². The molecule has 1 N–H and O–H groups in total. The average molecular weight is 468 g/mol. The van der Waals surface area contributed by atoms with Gasteiger partial charge in [-0.2, -0.15) is 0 Å². The van der Waals surface area contributed by atoms with Gasteiger partial charge in [0.2, 0.25) is 5.91 Å². The molecular formula is C23H31Cl2N3O3. The molecule has 6 nitrogen and oxygen atoms in total. The molecule has 0 spiro atoms. The van der Waals surface area contributed by atoms with E-state index in [-0.39, 0.29) is 24.0 Å². The maximum absolute atomic E-state index is 13.2. The number of benzene rings is 1. The zero-order valence-corrected chi connectivity index (χ0v) is 19.3. The SMILES string of the molecule is O=C(NC[C@H]1CCCO1)[C@H](C1CCCC1)N1CCN(C(=O)c2ccc(Cl)c(Cl)c2)CC1. The maximum atomic E-state index is 13.2. The molecule has 0 radical (unpaired) electrons. The topological polar surface area (TPSA) is 61.9 Å². The molecule has 2 atom stereocenters. The third kappa shape index (κ3) is 5.54. The second-order valence-electron chi connectivity index (χ2n) is 8.83. The van der Waals surface area contributed by atoms with Crippen LogP contribution in [0.1, 0.15) is 48.9 Å². The Bertz CT molecular complexity index is 786. The highest BCUT2D eigenvalue weighted by Gasteiger charge is 2.37. The summed E-state index contributed by atoms with van der Waals surface area (Å²) in [6.07, 6.45) is 6.81. The Hall–Kier alpha value is -1.34. The minimum atomic E-state index is -0.119. The van der Waals surface area contributed by atoms with E-state index in [1.165, 1.54) is 12.8 Å². The fourth-order valence-corrected chi connectivity index (χ4v) is 5.39. The maximum Gasteiger partial charge on any atom is 0.253 e. The van der Waals surface area contributed by atoms with E-state index >= 15 is 0 Å². The van der Waals surface area contributed by atoms with Crippen molar-refractivity contribution in [2.45, 2.75) is 50.7 Å². The van der Waals surface area contributed by atoms with E-state index in [2.05, 4.69) is 10.2 Å². The first kappa shape index (κ1) is 22.8. The van der Waals surface area contributed by atoms with E-state index in [4.69, 9.17) is 27.9 Å². The van der Waals surface area contributed by atoms with Crippen molar-refractivity contribution >= 4 is 35.0 Å². The summed E-state index contributed by atoms with van der Waals surface area (Å²) in [7, 11) is 0. The van der Waals surface area contributed by atoms with Crippen LogP contribution in [-0.2, 0) is 9.53 Å². The molecule has 1 aliphatic carbocycles. The number of piperazine rings is 1. The van der Waals surface area contributed by atoms with Crippen molar-refractivity contribution in [2.75, 3.05) is 39.3 Å². The van der Waals surface area contributed by atoms with Crippen LogP contribution in [-0.4, -0.2) is 73.1 Å². The molecule has 0 unspecified atom stereocenters. The van der Waals surface area contributed by atoms with Gasteiger partial charge < -0.3 is 15.0 Å². The zero-order chi connectivity index (χ0) is 21.8. The van der Waals surface area contributed by atoms with Crippen LogP contribution in [0.2, 0.25) is 10.0 Å². The zero-order valence-electron chi connectivity index (χ0n) is 17.8. The van der Waals surface area contributed by atoms with Crippen LogP contribution in [0.25, 0.3) is 0 Å². The molecular weight excluding hydrogens is 437 g/mol. The van der Waals surface area contributed by atoms with Crippen molar-refractivity contribution in [2.24, 2.45) is 5.92 Å². The first-order valence-corrected chi connectivity index (χ1v) is 12.2. The summed E-state index contributed by atoms with van der Waals surface area (Å²) in [6, 6.07) is 4.87. The van der Waals surface area contributed by atoms with Crippen molar-refractivity contribution in [3.63, 3.8) is 0 Å². The molecule has 3 fully saturated rings. The van der Waals surface area contributed by atoms with Crippen molar-refractivity contribution in [3.8, 4) is 0 Å². The summed E-state index contributed by atoms with van der Waals surface area (Å²) >= 11 is 12.1. The molecule has 1 saturated carbocycles. The van der Waals surface area contributed by atoms with Crippen LogP contribution in [0.3, 0.4) is 0 Å². The van der Waals surface area contributed by atoms with Gasteiger partial charge in [-0.05, 0) is 49.8 Å². The van der Waals surface area contributed by atoms with Crippen molar-refractivity contribution in [1.82, 2.24) is 15.1 Å². The lowest BCUT2D eigenvalue weighted by Gasteiger charge is -2.41. The van der Waals surface area contributed by atoms with Gasteiger partial charge in [-0.3, -0.25) is 14.5 Å².